The second-order valence-corrected chi connectivity index (χ2v) is 69.5. The molecule has 3 unspecified atom stereocenters. The lowest BCUT2D eigenvalue weighted by molar-refractivity contribution is 0.306. The maximum absolute atomic E-state index is 12.8. The fourth-order valence-corrected chi connectivity index (χ4v) is 133. The Morgan fingerprint density at radius 3 is 1.58 bits per heavy atom. The molecule has 0 spiro atoms. The van der Waals surface area contributed by atoms with Crippen LogP contribution in [0.15, 0.2) is 0 Å². The Morgan fingerprint density at radius 2 is 1.30 bits per heavy atom. The van der Waals surface area contributed by atoms with Crippen LogP contribution in [0, 0.1) is 0 Å². The molecule has 3 atom stereocenters. The minimum Gasteiger partial charge on any atom is -0.435 e. The molecule has 7 N–H and O–H groups in total. The molecule has 0 amide bonds. The van der Waals surface area contributed by atoms with Crippen molar-refractivity contribution in [1.82, 2.24) is 0 Å². The molecule has 0 aromatic heterocycles. The fraction of sp³-hybridized carbons (Fsp3) is 1.00. The topological polar surface area (TPSA) is 205 Å². The van der Waals surface area contributed by atoms with Crippen LogP contribution in [0.2, 0.25) is 32.7 Å². The zero-order chi connectivity index (χ0) is 26.4. The summed E-state index contributed by atoms with van der Waals surface area (Å²) < 4.78 is 42.7. The van der Waals surface area contributed by atoms with E-state index in [1.165, 1.54) is 26.8 Å². The first-order chi connectivity index (χ1) is 15.0. The van der Waals surface area contributed by atoms with Crippen molar-refractivity contribution in [1.29, 1.82) is 0 Å². The van der Waals surface area contributed by atoms with Gasteiger partial charge in [0.2, 0.25) is 43.5 Å². The Kier molecular flexibility index (Phi) is 14.9. The van der Waals surface area contributed by atoms with E-state index in [0.29, 0.717) is 0 Å². The van der Waals surface area contributed by atoms with E-state index in [-0.39, 0.29) is 0 Å². The van der Waals surface area contributed by atoms with Gasteiger partial charge in [-0.1, -0.05) is 0 Å². The van der Waals surface area contributed by atoms with Gasteiger partial charge in [-0.05, 0) is 32.7 Å². The van der Waals surface area contributed by atoms with E-state index in [4.69, 9.17) is 20.9 Å². The van der Waals surface area contributed by atoms with Crippen molar-refractivity contribution in [3.63, 3.8) is 0 Å². The number of hydrogen-bond donors (Lipinski definition) is 7. The monoisotopic (exact) mass is 697 g/mol. The second-order valence-electron chi connectivity index (χ2n) is 7.46. The molecule has 0 aliphatic rings. The summed E-state index contributed by atoms with van der Waals surface area (Å²) in [6.45, 7) is -0.930. The molecule has 13 nitrogen and oxygen atoms in total. The molecule has 0 aromatic rings. The lowest BCUT2D eigenvalue weighted by Crippen LogP contribution is -2.97. The minimum absolute atomic E-state index is 0.974. The molecule has 33 heavy (non-hydrogen) atoms. The van der Waals surface area contributed by atoms with E-state index in [0.717, 1.165) is 0 Å². The van der Waals surface area contributed by atoms with Gasteiger partial charge in [-0.15, -0.1) is 0 Å². The Balaban J connectivity index is 7.95. The Morgan fingerprint density at radius 1 is 0.818 bits per heavy atom. The van der Waals surface area contributed by atoms with Gasteiger partial charge in [-0.25, -0.2) is 0 Å². The molecule has 0 saturated heterocycles. The highest BCUT2D eigenvalue weighted by Crippen LogP contribution is 2.38. The standard InChI is InChI=1S/C6H25O13Si14/c1-15-30(20,23-9)19-31(18-29(5,6)27(2)13,32(24-10,25-11)16-21-7)33(26-12,17-22-8)28(3,4)14/h7-12,14H,1-6H3. The van der Waals surface area contributed by atoms with Gasteiger partial charge in [0.25, 0.3) is 31.2 Å². The minimum atomic E-state index is -4.66. The van der Waals surface area contributed by atoms with E-state index in [1.807, 2.05) is 0 Å². The first-order valence-electron chi connectivity index (χ1n) is 8.76. The van der Waals surface area contributed by atoms with Gasteiger partial charge in [-0.2, -0.15) is 0 Å². The quantitative estimate of drug-likeness (QED) is 0.0708. The second kappa shape index (κ2) is 13.9. The van der Waals surface area contributed by atoms with E-state index in [2.05, 4.69) is 9.76 Å². The third-order valence-electron chi connectivity index (χ3n) is 4.63. The maximum Gasteiger partial charge on any atom is 0.418 e. The van der Waals surface area contributed by atoms with Crippen molar-refractivity contribution in [2.45, 2.75) is 32.7 Å². The van der Waals surface area contributed by atoms with E-state index >= 15 is 0 Å². The SMILES string of the molecule is CO[Si]([Si])(O[Si](O[Si](C)(C)[Si](C)=O)([Si](O[Si]O)([Si]O)[Si]O)[Si](O[Si]O)([Si]O)[Si](C)(C)O)[Si]O. The normalized spacial score (nSPS) is 19.0. The highest BCUT2D eigenvalue weighted by atomic mass is 30.2. The van der Waals surface area contributed by atoms with Crippen LogP contribution in [-0.2, 0) is 25.3 Å². The molecule has 183 valence electrons. The van der Waals surface area contributed by atoms with Crippen LogP contribution in [0.25, 0.3) is 0 Å². The summed E-state index contributed by atoms with van der Waals surface area (Å²) in [5.74, 6) is 0. The first kappa shape index (κ1) is 35.4. The summed E-state index contributed by atoms with van der Waals surface area (Å²) in [6, 6.07) is 0. The van der Waals surface area contributed by atoms with Crippen LogP contribution in [-0.4, -0.2) is 160 Å². The molecular formula is C6H25O13Si14. The summed E-state index contributed by atoms with van der Waals surface area (Å²) >= 11 is 0. The van der Waals surface area contributed by atoms with Gasteiger partial charge in [0, 0.05) is 7.11 Å². The van der Waals surface area contributed by atoms with Gasteiger partial charge >= 0.3 is 35.2 Å². The van der Waals surface area contributed by atoms with Crippen molar-refractivity contribution in [3.8, 4) is 0 Å². The third kappa shape index (κ3) is 7.27. The molecule has 0 fully saturated rings. The van der Waals surface area contributed by atoms with Crippen LogP contribution < -0.4 is 0 Å². The number of rotatable bonds is 17. The summed E-state index contributed by atoms with van der Waals surface area (Å²) in [6.07, 6.45) is 0. The van der Waals surface area contributed by atoms with Gasteiger partial charge < -0.3 is 58.9 Å². The molecule has 15 radical (unpaired) electrons. The maximum atomic E-state index is 12.8. The summed E-state index contributed by atoms with van der Waals surface area (Å²) in [5, 5.41) is 0. The molecule has 0 rings (SSSR count). The average Bonchev–Trinajstić information content (AvgIpc) is 2.73. The molecule has 0 aromatic carbocycles. The van der Waals surface area contributed by atoms with Crippen molar-refractivity contribution < 1.29 is 58.9 Å². The van der Waals surface area contributed by atoms with E-state index < -0.39 is 110 Å². The largest absolute Gasteiger partial charge is 0.435 e. The highest BCUT2D eigenvalue weighted by Gasteiger charge is 2.82. The molecule has 0 saturated carbocycles. The molecule has 27 heteroatoms. The molecule has 0 aliphatic carbocycles. The van der Waals surface area contributed by atoms with Crippen molar-refractivity contribution in [3.05, 3.63) is 0 Å². The molecular weight excluding hydrogens is 673 g/mol. The van der Waals surface area contributed by atoms with Crippen LogP contribution in [0.4, 0.5) is 0 Å². The predicted octanol–water partition coefficient (Wildman–Crippen LogP) is -6.61. The van der Waals surface area contributed by atoms with Crippen LogP contribution >= 0.6 is 0 Å². The van der Waals surface area contributed by atoms with E-state index in [1.54, 1.807) is 13.1 Å². The summed E-state index contributed by atoms with van der Waals surface area (Å²) in [5.41, 5.74) is 0. The highest BCUT2D eigenvalue weighted by molar-refractivity contribution is 7.99. The van der Waals surface area contributed by atoms with Crippen LogP contribution in [0.1, 0.15) is 0 Å². The molecule has 0 bridgehead atoms. The van der Waals surface area contributed by atoms with Gasteiger partial charge in [-0.3, -0.25) is 0 Å². The number of hydrogen-bond acceptors (Lipinski definition) is 13. The van der Waals surface area contributed by atoms with Crippen molar-refractivity contribution in [2.24, 2.45) is 0 Å². The lowest BCUT2D eigenvalue weighted by Gasteiger charge is -2.57. The lowest BCUT2D eigenvalue weighted by atomic mass is 11.8. The Bertz CT molecular complexity index is 627. The van der Waals surface area contributed by atoms with Crippen LogP contribution in [0.5, 0.6) is 0 Å². The van der Waals surface area contributed by atoms with E-state index in [9.17, 15) is 38.0 Å². The third-order valence-corrected chi connectivity index (χ3v) is 98.3. The van der Waals surface area contributed by atoms with Crippen molar-refractivity contribution in [2.75, 3.05) is 7.11 Å². The summed E-state index contributed by atoms with van der Waals surface area (Å²) in [4.78, 5) is 73.2. The zero-order valence-corrected chi connectivity index (χ0v) is 32.6. The molecule has 0 aliphatic heterocycles. The van der Waals surface area contributed by atoms with Crippen LogP contribution in [0.3, 0.4) is 0 Å². The summed E-state index contributed by atoms with van der Waals surface area (Å²) in [7, 11) is -20.2. The zero-order valence-electron chi connectivity index (χ0n) is 18.6. The van der Waals surface area contributed by atoms with Gasteiger partial charge in [0.15, 0.2) is 0 Å². The Hall–Kier alpha value is 2.36. The van der Waals surface area contributed by atoms with Gasteiger partial charge in [0.05, 0.1) is 9.76 Å². The van der Waals surface area contributed by atoms with Crippen molar-refractivity contribution >= 4 is 120 Å². The first-order valence-corrected chi connectivity index (χ1v) is 39.0. The average molecular weight is 698 g/mol. The smallest absolute Gasteiger partial charge is 0.418 e. The predicted molar refractivity (Wildman–Crippen MR) is 137 cm³/mol. The van der Waals surface area contributed by atoms with Gasteiger partial charge in [0.1, 0.15) is 0 Å². The fourth-order valence-electron chi connectivity index (χ4n) is 2.55. The molecule has 0 heterocycles. The Labute approximate surface area is 217 Å².